The third-order valence-corrected chi connectivity index (χ3v) is 5.85. The fraction of sp³-hybridized carbons (Fsp3) is 0.261. The Kier molecular flexibility index (Phi) is 4.39. The number of carbonyl (C=O) groups excluding carboxylic acids is 1. The molecule has 146 valence electrons. The van der Waals surface area contributed by atoms with Crippen LogP contribution in [0.2, 0.25) is 0 Å². The maximum Gasteiger partial charge on any atom is 0.254 e. The van der Waals surface area contributed by atoms with Crippen LogP contribution in [0.15, 0.2) is 67.3 Å². The average molecular weight is 385 g/mol. The SMILES string of the molecule is C[C@H]1C[C@H](Cn2cnc3cc(-c4cn[nH]c4)ccc32)CN1C(=O)c1ccccc1. The van der Waals surface area contributed by atoms with Gasteiger partial charge in [-0.2, -0.15) is 5.10 Å². The largest absolute Gasteiger partial charge is 0.336 e. The summed E-state index contributed by atoms with van der Waals surface area (Å²) in [5.74, 6) is 0.546. The van der Waals surface area contributed by atoms with E-state index in [1.165, 1.54) is 0 Å². The molecule has 1 N–H and O–H groups in total. The highest BCUT2D eigenvalue weighted by Crippen LogP contribution is 2.28. The molecule has 0 radical (unpaired) electrons. The fourth-order valence-corrected chi connectivity index (χ4v) is 4.38. The summed E-state index contributed by atoms with van der Waals surface area (Å²) in [6.07, 6.45) is 6.62. The summed E-state index contributed by atoms with van der Waals surface area (Å²) in [4.78, 5) is 19.5. The van der Waals surface area contributed by atoms with Gasteiger partial charge in [0.15, 0.2) is 0 Å². The number of fused-ring (bicyclic) bond motifs is 1. The Morgan fingerprint density at radius 1 is 1.17 bits per heavy atom. The van der Waals surface area contributed by atoms with Gasteiger partial charge in [-0.15, -0.1) is 0 Å². The zero-order valence-electron chi connectivity index (χ0n) is 16.3. The van der Waals surface area contributed by atoms with Crippen molar-refractivity contribution in [2.24, 2.45) is 5.92 Å². The quantitative estimate of drug-likeness (QED) is 0.578. The van der Waals surface area contributed by atoms with Crippen molar-refractivity contribution in [3.05, 3.63) is 72.8 Å². The molecule has 2 aromatic heterocycles. The summed E-state index contributed by atoms with van der Waals surface area (Å²) in [5.41, 5.74) is 5.02. The Bertz CT molecular complexity index is 1130. The van der Waals surface area contributed by atoms with Crippen LogP contribution in [0.4, 0.5) is 0 Å². The van der Waals surface area contributed by atoms with Gasteiger partial charge in [-0.05, 0) is 49.1 Å². The lowest BCUT2D eigenvalue weighted by Crippen LogP contribution is -2.34. The second kappa shape index (κ2) is 7.20. The molecule has 3 heterocycles. The van der Waals surface area contributed by atoms with Crippen LogP contribution in [-0.2, 0) is 6.54 Å². The van der Waals surface area contributed by atoms with Crippen molar-refractivity contribution >= 4 is 16.9 Å². The molecule has 5 rings (SSSR count). The lowest BCUT2D eigenvalue weighted by atomic mass is 10.1. The molecule has 1 saturated heterocycles. The topological polar surface area (TPSA) is 66.8 Å². The molecule has 0 saturated carbocycles. The van der Waals surface area contributed by atoms with Crippen molar-refractivity contribution in [3.8, 4) is 11.1 Å². The van der Waals surface area contributed by atoms with E-state index in [1.54, 1.807) is 0 Å². The highest BCUT2D eigenvalue weighted by molar-refractivity contribution is 5.94. The van der Waals surface area contributed by atoms with Crippen molar-refractivity contribution in [1.29, 1.82) is 0 Å². The minimum absolute atomic E-state index is 0.126. The second-order valence-electron chi connectivity index (χ2n) is 7.86. The molecular weight excluding hydrogens is 362 g/mol. The number of aromatic nitrogens is 4. The van der Waals surface area contributed by atoms with E-state index >= 15 is 0 Å². The number of nitrogens with one attached hydrogen (secondary N) is 1. The zero-order chi connectivity index (χ0) is 19.8. The van der Waals surface area contributed by atoms with E-state index in [4.69, 9.17) is 0 Å². The van der Waals surface area contributed by atoms with Crippen LogP contribution in [0.3, 0.4) is 0 Å². The number of likely N-dealkylation sites (tertiary alicyclic amines) is 1. The average Bonchev–Trinajstić information content (AvgIpc) is 3.49. The predicted octanol–water partition coefficient (Wildman–Crippen LogP) is 3.98. The van der Waals surface area contributed by atoms with Crippen LogP contribution in [0, 0.1) is 5.92 Å². The van der Waals surface area contributed by atoms with Crippen molar-refractivity contribution in [2.45, 2.75) is 25.9 Å². The number of H-pyrrole nitrogens is 1. The Morgan fingerprint density at radius 2 is 2.03 bits per heavy atom. The summed E-state index contributed by atoms with van der Waals surface area (Å²) in [5, 5.41) is 6.87. The molecule has 6 heteroatoms. The van der Waals surface area contributed by atoms with E-state index in [-0.39, 0.29) is 11.9 Å². The molecule has 2 atom stereocenters. The van der Waals surface area contributed by atoms with Gasteiger partial charge in [-0.3, -0.25) is 9.89 Å². The molecule has 1 fully saturated rings. The Morgan fingerprint density at radius 3 is 2.83 bits per heavy atom. The van der Waals surface area contributed by atoms with Crippen LogP contribution in [0.5, 0.6) is 0 Å². The summed E-state index contributed by atoms with van der Waals surface area (Å²) < 4.78 is 2.21. The van der Waals surface area contributed by atoms with E-state index in [0.29, 0.717) is 5.92 Å². The van der Waals surface area contributed by atoms with Gasteiger partial charge >= 0.3 is 0 Å². The molecule has 4 aromatic rings. The maximum atomic E-state index is 12.9. The minimum atomic E-state index is 0.126. The van der Waals surface area contributed by atoms with Crippen LogP contribution in [0.25, 0.3) is 22.2 Å². The Labute approximate surface area is 169 Å². The van der Waals surface area contributed by atoms with Gasteiger partial charge < -0.3 is 9.47 Å². The molecule has 6 nitrogen and oxygen atoms in total. The minimum Gasteiger partial charge on any atom is -0.336 e. The highest BCUT2D eigenvalue weighted by Gasteiger charge is 2.33. The van der Waals surface area contributed by atoms with Gasteiger partial charge in [0.05, 0.1) is 23.6 Å². The Hall–Kier alpha value is -3.41. The summed E-state index contributed by atoms with van der Waals surface area (Å²) in [6, 6.07) is 16.1. The molecule has 1 aliphatic heterocycles. The van der Waals surface area contributed by atoms with E-state index in [0.717, 1.165) is 47.2 Å². The standard InChI is InChI=1S/C23H23N5O/c1-16-9-17(14-28(16)23(29)18-5-3-2-4-6-18)13-27-15-24-21-10-19(7-8-22(21)27)20-11-25-26-12-20/h2-8,10-12,15-17H,9,13-14H2,1H3,(H,25,26)/t16-,17+/m0/s1. The Balaban J connectivity index is 1.33. The van der Waals surface area contributed by atoms with E-state index in [1.807, 2.05) is 54.0 Å². The molecule has 1 aliphatic rings. The van der Waals surface area contributed by atoms with Crippen LogP contribution >= 0.6 is 0 Å². The van der Waals surface area contributed by atoms with E-state index < -0.39 is 0 Å². The number of hydrogen-bond donors (Lipinski definition) is 1. The first-order valence-electron chi connectivity index (χ1n) is 9.99. The lowest BCUT2D eigenvalue weighted by molar-refractivity contribution is 0.0742. The number of rotatable bonds is 4. The maximum absolute atomic E-state index is 12.9. The molecule has 1 amide bonds. The molecule has 0 spiro atoms. The number of imidazole rings is 1. The molecule has 0 unspecified atom stereocenters. The van der Waals surface area contributed by atoms with Crippen LogP contribution in [0.1, 0.15) is 23.7 Å². The third-order valence-electron chi connectivity index (χ3n) is 5.85. The van der Waals surface area contributed by atoms with Crippen LogP contribution in [-0.4, -0.2) is 43.1 Å². The van der Waals surface area contributed by atoms with Gasteiger partial charge in [-0.1, -0.05) is 24.3 Å². The monoisotopic (exact) mass is 385 g/mol. The second-order valence-corrected chi connectivity index (χ2v) is 7.86. The molecular formula is C23H23N5O. The van der Waals surface area contributed by atoms with Crippen LogP contribution < -0.4 is 0 Å². The molecule has 0 bridgehead atoms. The van der Waals surface area contributed by atoms with Gasteiger partial charge in [0.25, 0.3) is 5.91 Å². The summed E-state index contributed by atoms with van der Waals surface area (Å²) in [7, 11) is 0. The number of hydrogen-bond acceptors (Lipinski definition) is 3. The molecule has 0 aliphatic carbocycles. The number of nitrogens with zero attached hydrogens (tertiary/aromatic N) is 4. The van der Waals surface area contributed by atoms with E-state index in [2.05, 4.69) is 44.9 Å². The van der Waals surface area contributed by atoms with Crippen molar-refractivity contribution in [1.82, 2.24) is 24.6 Å². The first kappa shape index (κ1) is 17.7. The van der Waals surface area contributed by atoms with Gasteiger partial charge in [0, 0.05) is 36.5 Å². The fourth-order valence-electron chi connectivity index (χ4n) is 4.38. The summed E-state index contributed by atoms with van der Waals surface area (Å²) in [6.45, 7) is 3.79. The predicted molar refractivity (Wildman–Crippen MR) is 112 cm³/mol. The first-order chi connectivity index (χ1) is 14.2. The molecule has 29 heavy (non-hydrogen) atoms. The third kappa shape index (κ3) is 3.31. The highest BCUT2D eigenvalue weighted by atomic mass is 16.2. The van der Waals surface area contributed by atoms with Gasteiger partial charge in [0.2, 0.25) is 0 Å². The van der Waals surface area contributed by atoms with Crippen molar-refractivity contribution in [2.75, 3.05) is 6.54 Å². The summed E-state index contributed by atoms with van der Waals surface area (Å²) >= 11 is 0. The normalized spacial score (nSPS) is 19.1. The number of amides is 1. The zero-order valence-corrected chi connectivity index (χ0v) is 16.3. The number of carbonyl (C=O) groups is 1. The molecule has 2 aromatic carbocycles. The smallest absolute Gasteiger partial charge is 0.254 e. The first-order valence-corrected chi connectivity index (χ1v) is 9.99. The number of benzene rings is 2. The number of aromatic amines is 1. The van der Waals surface area contributed by atoms with Crippen molar-refractivity contribution in [3.63, 3.8) is 0 Å². The van der Waals surface area contributed by atoms with Gasteiger partial charge in [0.1, 0.15) is 0 Å². The lowest BCUT2D eigenvalue weighted by Gasteiger charge is -2.21. The van der Waals surface area contributed by atoms with Crippen molar-refractivity contribution < 1.29 is 4.79 Å². The van der Waals surface area contributed by atoms with E-state index in [9.17, 15) is 4.79 Å². The van der Waals surface area contributed by atoms with Gasteiger partial charge in [-0.25, -0.2) is 4.98 Å².